The highest BCUT2D eigenvalue weighted by Gasteiger charge is 2.17. The van der Waals surface area contributed by atoms with E-state index in [-0.39, 0.29) is 19.0 Å². The molecule has 3 N–H and O–H groups in total. The largest absolute Gasteiger partial charge is 1.00 e. The summed E-state index contributed by atoms with van der Waals surface area (Å²) >= 11 is 1.72. The van der Waals surface area contributed by atoms with Gasteiger partial charge in [0.25, 0.3) is 0 Å². The van der Waals surface area contributed by atoms with E-state index >= 15 is 0 Å². The summed E-state index contributed by atoms with van der Waals surface area (Å²) in [4.78, 5) is 9.71. The van der Waals surface area contributed by atoms with Crippen molar-refractivity contribution in [2.45, 2.75) is 33.2 Å². The first-order chi connectivity index (χ1) is 10.6. The van der Waals surface area contributed by atoms with Crippen LogP contribution in [0.3, 0.4) is 0 Å². The number of hydrogen-bond acceptors (Lipinski definition) is 6. The Morgan fingerprint density at radius 3 is 2.83 bits per heavy atom. The zero-order chi connectivity index (χ0) is 15.9. The lowest BCUT2D eigenvalue weighted by Gasteiger charge is -2.03. The van der Waals surface area contributed by atoms with Crippen molar-refractivity contribution in [3.8, 4) is 0 Å². The Hall–Kier alpha value is -1.28. The number of ether oxygens (including phenoxy) is 1. The lowest BCUT2D eigenvalue weighted by molar-refractivity contribution is -0.689. The van der Waals surface area contributed by atoms with Gasteiger partial charge in [-0.1, -0.05) is 11.3 Å². The van der Waals surface area contributed by atoms with Crippen molar-refractivity contribution in [2.75, 3.05) is 25.6 Å². The SMILES string of the molecule is Cc1ncc(C[n+]2csc(CCOCCCO)c2C)c(N)n1.[Cl-]. The molecule has 0 amide bonds. The minimum atomic E-state index is 0. The smallest absolute Gasteiger partial charge is 0.225 e. The fourth-order valence-electron chi connectivity index (χ4n) is 2.10. The van der Waals surface area contributed by atoms with Gasteiger partial charge in [0.05, 0.1) is 17.0 Å². The summed E-state index contributed by atoms with van der Waals surface area (Å²) in [5.74, 6) is 1.23. The maximum Gasteiger partial charge on any atom is 0.225 e. The van der Waals surface area contributed by atoms with Gasteiger partial charge in [0.2, 0.25) is 5.51 Å². The van der Waals surface area contributed by atoms with Crippen LogP contribution >= 0.6 is 11.3 Å². The molecule has 0 atom stereocenters. The molecule has 2 heterocycles. The molecule has 2 aromatic heterocycles. The number of hydrogen-bond donors (Lipinski definition) is 2. The Balaban J connectivity index is 0.00000264. The van der Waals surface area contributed by atoms with Crippen LogP contribution in [0.2, 0.25) is 0 Å². The summed E-state index contributed by atoms with van der Waals surface area (Å²) in [6.45, 7) is 6.08. The number of nitrogens with zero attached hydrogens (tertiary/aromatic N) is 3. The van der Waals surface area contributed by atoms with Crippen LogP contribution in [-0.2, 0) is 17.7 Å². The molecule has 0 aliphatic rings. The monoisotopic (exact) mass is 358 g/mol. The van der Waals surface area contributed by atoms with Crippen LogP contribution in [0.15, 0.2) is 11.7 Å². The minimum absolute atomic E-state index is 0. The molecule has 8 heteroatoms. The lowest BCUT2D eigenvalue weighted by Crippen LogP contribution is -3.00. The van der Waals surface area contributed by atoms with Gasteiger partial charge in [-0.05, 0) is 13.3 Å². The Labute approximate surface area is 146 Å². The molecule has 0 fully saturated rings. The maximum absolute atomic E-state index is 8.71. The third kappa shape index (κ3) is 5.69. The van der Waals surface area contributed by atoms with Gasteiger partial charge in [-0.25, -0.2) is 9.97 Å². The number of anilines is 1. The molecule has 0 saturated carbocycles. The Morgan fingerprint density at radius 2 is 2.13 bits per heavy atom. The van der Waals surface area contributed by atoms with Gasteiger partial charge in [-0.3, -0.25) is 0 Å². The molecular formula is C15H23ClN4O2S. The maximum atomic E-state index is 8.71. The van der Waals surface area contributed by atoms with E-state index in [1.54, 1.807) is 17.5 Å². The minimum Gasteiger partial charge on any atom is -1.00 e. The summed E-state index contributed by atoms with van der Waals surface area (Å²) in [6, 6.07) is 0. The highest BCUT2D eigenvalue weighted by molar-refractivity contribution is 7.09. The fourth-order valence-corrected chi connectivity index (χ4v) is 3.07. The van der Waals surface area contributed by atoms with Gasteiger partial charge in [-0.15, -0.1) is 0 Å². The normalized spacial score (nSPS) is 10.6. The van der Waals surface area contributed by atoms with E-state index in [1.807, 2.05) is 6.92 Å². The average molecular weight is 359 g/mol. The van der Waals surface area contributed by atoms with E-state index in [9.17, 15) is 0 Å². The predicted molar refractivity (Wildman–Crippen MR) is 85.8 cm³/mol. The zero-order valence-corrected chi connectivity index (χ0v) is 15.0. The first-order valence-electron chi connectivity index (χ1n) is 7.34. The molecule has 0 radical (unpaired) electrons. The second-order valence-corrected chi connectivity index (χ2v) is 6.07. The highest BCUT2D eigenvalue weighted by atomic mass is 35.5. The molecule has 0 spiro atoms. The number of aliphatic hydroxyl groups excluding tert-OH is 1. The van der Waals surface area contributed by atoms with E-state index in [2.05, 4.69) is 27.0 Å². The number of nitrogens with two attached hydrogens (primary N) is 1. The van der Waals surface area contributed by atoms with E-state index in [4.69, 9.17) is 15.6 Å². The number of aryl methyl sites for hydroxylation is 1. The molecule has 0 bridgehead atoms. The average Bonchev–Trinajstić information content (AvgIpc) is 2.83. The van der Waals surface area contributed by atoms with E-state index < -0.39 is 0 Å². The van der Waals surface area contributed by atoms with E-state index in [0.717, 1.165) is 12.0 Å². The summed E-state index contributed by atoms with van der Waals surface area (Å²) in [5.41, 5.74) is 10.2. The first kappa shape index (κ1) is 19.8. The van der Waals surface area contributed by atoms with Crippen LogP contribution in [0.25, 0.3) is 0 Å². The number of aliphatic hydroxyl groups is 1. The number of nitrogen functional groups attached to an aromatic ring is 1. The number of thiazole rings is 1. The molecule has 2 rings (SSSR count). The third-order valence-corrected chi connectivity index (χ3v) is 4.58. The van der Waals surface area contributed by atoms with E-state index in [1.165, 1.54) is 10.6 Å². The predicted octanol–water partition coefficient (Wildman–Crippen LogP) is -1.98. The molecule has 128 valence electrons. The Bertz CT molecular complexity index is 622. The second-order valence-electron chi connectivity index (χ2n) is 5.13. The van der Waals surface area contributed by atoms with Crippen molar-refractivity contribution in [3.05, 3.63) is 33.7 Å². The zero-order valence-electron chi connectivity index (χ0n) is 13.5. The van der Waals surface area contributed by atoms with Crippen molar-refractivity contribution >= 4 is 17.2 Å². The summed E-state index contributed by atoms with van der Waals surface area (Å²) in [6.07, 6.45) is 3.37. The molecule has 6 nitrogen and oxygen atoms in total. The molecule has 0 aromatic carbocycles. The number of rotatable bonds is 8. The van der Waals surface area contributed by atoms with Gasteiger partial charge >= 0.3 is 0 Å². The van der Waals surface area contributed by atoms with Crippen LogP contribution in [0.4, 0.5) is 5.82 Å². The molecule has 2 aromatic rings. The van der Waals surface area contributed by atoms with Gasteiger partial charge in [0, 0.05) is 32.8 Å². The van der Waals surface area contributed by atoms with Crippen LogP contribution in [-0.4, -0.2) is 34.9 Å². The molecule has 23 heavy (non-hydrogen) atoms. The summed E-state index contributed by atoms with van der Waals surface area (Å²) in [7, 11) is 0. The molecule has 0 aliphatic heterocycles. The molecule has 0 aliphatic carbocycles. The standard InChI is InChI=1S/C15H23N4O2S.ClH/c1-11-14(4-7-21-6-3-5-20)22-10-19(11)9-13-8-17-12(2)18-15(13)16;/h8,10,20H,3-7,9H2,1-2H3,(H2,16,17,18);1H/q+1;/p-1. The first-order valence-corrected chi connectivity index (χ1v) is 8.22. The lowest BCUT2D eigenvalue weighted by atomic mass is 10.2. The van der Waals surface area contributed by atoms with Crippen LogP contribution in [0.5, 0.6) is 0 Å². The Morgan fingerprint density at radius 1 is 1.35 bits per heavy atom. The van der Waals surface area contributed by atoms with Gasteiger partial charge in [-0.2, -0.15) is 4.57 Å². The highest BCUT2D eigenvalue weighted by Crippen LogP contribution is 2.14. The van der Waals surface area contributed by atoms with Crippen molar-refractivity contribution in [3.63, 3.8) is 0 Å². The van der Waals surface area contributed by atoms with Crippen molar-refractivity contribution < 1.29 is 26.8 Å². The molecule has 0 saturated heterocycles. The summed E-state index contributed by atoms with van der Waals surface area (Å²) < 4.78 is 7.66. The molecule has 0 unspecified atom stereocenters. The third-order valence-electron chi connectivity index (χ3n) is 3.44. The van der Waals surface area contributed by atoms with Crippen molar-refractivity contribution in [1.29, 1.82) is 0 Å². The topological polar surface area (TPSA) is 85.1 Å². The molecular weight excluding hydrogens is 336 g/mol. The van der Waals surface area contributed by atoms with Crippen LogP contribution in [0.1, 0.15) is 28.4 Å². The van der Waals surface area contributed by atoms with Gasteiger partial charge in [0.1, 0.15) is 11.6 Å². The fraction of sp³-hybridized carbons (Fsp3) is 0.533. The number of halogens is 1. The van der Waals surface area contributed by atoms with Gasteiger partial charge in [0.15, 0.2) is 12.2 Å². The van der Waals surface area contributed by atoms with Crippen molar-refractivity contribution in [2.24, 2.45) is 0 Å². The summed E-state index contributed by atoms with van der Waals surface area (Å²) in [5, 5.41) is 8.71. The second kappa shape index (κ2) is 9.77. The van der Waals surface area contributed by atoms with Gasteiger partial charge < -0.3 is 28.0 Å². The van der Waals surface area contributed by atoms with Crippen molar-refractivity contribution in [1.82, 2.24) is 9.97 Å². The van der Waals surface area contributed by atoms with Crippen LogP contribution in [0, 0.1) is 13.8 Å². The van der Waals surface area contributed by atoms with E-state index in [0.29, 0.717) is 37.8 Å². The number of aromatic nitrogens is 3. The quantitative estimate of drug-likeness (QED) is 0.422. The Kier molecular flexibility index (Phi) is 8.40. The van der Waals surface area contributed by atoms with Crippen LogP contribution < -0.4 is 22.7 Å².